The maximum atomic E-state index is 13.5. The third-order valence-corrected chi connectivity index (χ3v) is 9.09. The first kappa shape index (κ1) is 35.7. The third-order valence-electron chi connectivity index (χ3n) is 8.44. The fraction of sp³-hybridized carbons (Fsp3) is 0.405. The Morgan fingerprint density at radius 2 is 1.72 bits per heavy atom. The number of esters is 1. The van der Waals surface area contributed by atoms with Crippen LogP contribution in [0.2, 0.25) is 0 Å². The molecule has 1 aromatic heterocycles. The van der Waals surface area contributed by atoms with Gasteiger partial charge in [-0.3, -0.25) is 14.5 Å². The summed E-state index contributed by atoms with van der Waals surface area (Å²) in [5, 5.41) is 8.39. The van der Waals surface area contributed by atoms with Gasteiger partial charge in [-0.05, 0) is 46.2 Å². The van der Waals surface area contributed by atoms with Crippen molar-refractivity contribution in [1.82, 2.24) is 25.1 Å². The van der Waals surface area contributed by atoms with Crippen molar-refractivity contribution >= 4 is 40.3 Å². The molecular formula is C37H47N5O4S. The van der Waals surface area contributed by atoms with Crippen molar-refractivity contribution in [3.8, 4) is 0 Å². The number of nitrogens with zero attached hydrogens (tertiary/aromatic N) is 3. The number of ether oxygens (including phenoxy) is 1. The van der Waals surface area contributed by atoms with Gasteiger partial charge in [0.25, 0.3) is 0 Å². The monoisotopic (exact) mass is 657 g/mol. The van der Waals surface area contributed by atoms with Crippen molar-refractivity contribution in [3.63, 3.8) is 0 Å². The van der Waals surface area contributed by atoms with Crippen LogP contribution in [0.3, 0.4) is 0 Å². The number of benzene rings is 3. The summed E-state index contributed by atoms with van der Waals surface area (Å²) in [6.45, 7) is 5.91. The molecule has 0 bridgehead atoms. The molecule has 4 rings (SSSR count). The minimum atomic E-state index is -0.717. The zero-order valence-electron chi connectivity index (χ0n) is 27.9. The van der Waals surface area contributed by atoms with Gasteiger partial charge in [-0.1, -0.05) is 93.1 Å². The summed E-state index contributed by atoms with van der Waals surface area (Å²) < 4.78 is 6.94. The Hall–Kier alpha value is -4.15. The van der Waals surface area contributed by atoms with E-state index in [-0.39, 0.29) is 36.7 Å². The molecule has 3 atom stereocenters. The van der Waals surface area contributed by atoms with Gasteiger partial charge >= 0.3 is 5.97 Å². The Labute approximate surface area is 282 Å². The van der Waals surface area contributed by atoms with Crippen LogP contribution in [-0.4, -0.2) is 76.5 Å². The second-order valence-electron chi connectivity index (χ2n) is 12.0. The number of hydrogen-bond donors (Lipinski definition) is 2. The third kappa shape index (κ3) is 11.0. The van der Waals surface area contributed by atoms with Crippen LogP contribution in [0.1, 0.15) is 43.5 Å². The molecule has 0 saturated heterocycles. The molecule has 0 aliphatic heterocycles. The summed E-state index contributed by atoms with van der Waals surface area (Å²) in [6.07, 6.45) is 7.12. The molecule has 9 nitrogen and oxygen atoms in total. The van der Waals surface area contributed by atoms with Gasteiger partial charge in [0.05, 0.1) is 32.1 Å². The highest BCUT2D eigenvalue weighted by atomic mass is 32.2. The molecule has 2 N–H and O–H groups in total. The van der Waals surface area contributed by atoms with Crippen molar-refractivity contribution in [1.29, 1.82) is 0 Å². The number of hydrogen-bond acceptors (Lipinski definition) is 7. The van der Waals surface area contributed by atoms with Gasteiger partial charge in [0, 0.05) is 31.9 Å². The number of imidazole rings is 1. The molecule has 0 radical (unpaired) electrons. The Morgan fingerprint density at radius 3 is 2.47 bits per heavy atom. The van der Waals surface area contributed by atoms with Gasteiger partial charge in [-0.15, -0.1) is 0 Å². The number of carbonyl (C=O) groups excluding carboxylic acids is 3. The van der Waals surface area contributed by atoms with Crippen LogP contribution in [0, 0.1) is 5.92 Å². The van der Waals surface area contributed by atoms with E-state index in [2.05, 4.69) is 70.8 Å². The highest BCUT2D eigenvalue weighted by molar-refractivity contribution is 7.98. The summed E-state index contributed by atoms with van der Waals surface area (Å²) in [7, 11) is 1.33. The molecule has 0 fully saturated rings. The first-order valence-electron chi connectivity index (χ1n) is 16.2. The van der Waals surface area contributed by atoms with Gasteiger partial charge in [0.15, 0.2) is 0 Å². The van der Waals surface area contributed by atoms with Crippen molar-refractivity contribution in [2.75, 3.05) is 32.2 Å². The van der Waals surface area contributed by atoms with Crippen LogP contribution in [0.15, 0.2) is 85.3 Å². The lowest BCUT2D eigenvalue weighted by atomic mass is 9.97. The SMILES string of the molecule is CC[C@H](C)[C@@H](CN(CC(=O)N[C@@H](CCSC)C(=O)OC)Cc1cccc2ccccc12)NC(=O)Cc1cn(Cc2ccccc2)cn1. The molecule has 3 aromatic carbocycles. The van der Waals surface area contributed by atoms with Crippen molar-refractivity contribution < 1.29 is 19.1 Å². The highest BCUT2D eigenvalue weighted by Crippen LogP contribution is 2.21. The molecule has 4 aromatic rings. The predicted molar refractivity (Wildman–Crippen MR) is 189 cm³/mol. The fourth-order valence-electron chi connectivity index (χ4n) is 5.66. The molecule has 0 spiro atoms. The lowest BCUT2D eigenvalue weighted by Crippen LogP contribution is -2.51. The Kier molecular flexibility index (Phi) is 13.9. The van der Waals surface area contributed by atoms with Crippen LogP contribution in [-0.2, 0) is 38.6 Å². The largest absolute Gasteiger partial charge is 0.467 e. The maximum absolute atomic E-state index is 13.5. The lowest BCUT2D eigenvalue weighted by molar-refractivity contribution is -0.145. The Morgan fingerprint density at radius 1 is 0.979 bits per heavy atom. The average molecular weight is 658 g/mol. The second kappa shape index (κ2) is 18.3. The second-order valence-corrected chi connectivity index (χ2v) is 13.0. The van der Waals surface area contributed by atoms with E-state index in [1.165, 1.54) is 7.11 Å². The summed E-state index contributed by atoms with van der Waals surface area (Å²) in [6, 6.07) is 23.6. The van der Waals surface area contributed by atoms with Crippen LogP contribution >= 0.6 is 11.8 Å². The van der Waals surface area contributed by atoms with Crippen LogP contribution < -0.4 is 10.6 Å². The fourth-order valence-corrected chi connectivity index (χ4v) is 6.13. The number of thioether (sulfide) groups is 1. The quantitative estimate of drug-likeness (QED) is 0.144. The topological polar surface area (TPSA) is 106 Å². The number of aromatic nitrogens is 2. The summed E-state index contributed by atoms with van der Waals surface area (Å²) in [4.78, 5) is 45.8. The van der Waals surface area contributed by atoms with E-state index in [4.69, 9.17) is 4.74 Å². The predicted octanol–water partition coefficient (Wildman–Crippen LogP) is 5.07. The van der Waals surface area contributed by atoms with E-state index in [1.54, 1.807) is 18.1 Å². The number of carbonyl (C=O) groups is 3. The first-order chi connectivity index (χ1) is 22.8. The average Bonchev–Trinajstić information content (AvgIpc) is 3.52. The number of nitrogens with one attached hydrogen (secondary N) is 2. The molecule has 0 aliphatic carbocycles. The highest BCUT2D eigenvalue weighted by Gasteiger charge is 2.26. The molecule has 250 valence electrons. The summed E-state index contributed by atoms with van der Waals surface area (Å²) in [5.41, 5.74) is 2.95. The van der Waals surface area contributed by atoms with E-state index >= 15 is 0 Å². The molecule has 10 heteroatoms. The van der Waals surface area contributed by atoms with E-state index in [1.807, 2.05) is 53.4 Å². The molecule has 0 aliphatic rings. The summed E-state index contributed by atoms with van der Waals surface area (Å²) >= 11 is 1.61. The van der Waals surface area contributed by atoms with E-state index in [0.29, 0.717) is 37.5 Å². The van der Waals surface area contributed by atoms with Gasteiger partial charge in [0.2, 0.25) is 11.8 Å². The van der Waals surface area contributed by atoms with Crippen LogP contribution in [0.25, 0.3) is 10.8 Å². The molecule has 47 heavy (non-hydrogen) atoms. The van der Waals surface area contributed by atoms with Crippen molar-refractivity contribution in [2.24, 2.45) is 5.92 Å². The van der Waals surface area contributed by atoms with E-state index in [0.717, 1.165) is 28.3 Å². The van der Waals surface area contributed by atoms with E-state index < -0.39 is 12.0 Å². The zero-order valence-corrected chi connectivity index (χ0v) is 28.7. The zero-order chi connectivity index (χ0) is 33.6. The Balaban J connectivity index is 1.50. The number of fused-ring (bicyclic) bond motifs is 1. The van der Waals surface area contributed by atoms with Gasteiger partial charge in [-0.2, -0.15) is 11.8 Å². The lowest BCUT2D eigenvalue weighted by Gasteiger charge is -2.31. The molecular weight excluding hydrogens is 611 g/mol. The molecule has 0 unspecified atom stereocenters. The maximum Gasteiger partial charge on any atom is 0.328 e. The van der Waals surface area contributed by atoms with Crippen LogP contribution in [0.5, 0.6) is 0 Å². The van der Waals surface area contributed by atoms with Crippen molar-refractivity contribution in [2.45, 2.75) is 58.3 Å². The minimum absolute atomic E-state index is 0.0582. The molecule has 1 heterocycles. The number of methoxy groups -OCH3 is 1. The number of rotatable bonds is 18. The van der Waals surface area contributed by atoms with Gasteiger partial charge in [-0.25, -0.2) is 9.78 Å². The van der Waals surface area contributed by atoms with Crippen LogP contribution in [0.4, 0.5) is 0 Å². The normalized spacial score (nSPS) is 13.2. The van der Waals surface area contributed by atoms with Gasteiger partial charge < -0.3 is 19.9 Å². The van der Waals surface area contributed by atoms with Gasteiger partial charge in [0.1, 0.15) is 6.04 Å². The molecule has 0 saturated carbocycles. The minimum Gasteiger partial charge on any atom is -0.467 e. The number of amides is 2. The smallest absolute Gasteiger partial charge is 0.328 e. The molecule has 2 amide bonds. The first-order valence-corrected chi connectivity index (χ1v) is 17.6. The van der Waals surface area contributed by atoms with E-state index in [9.17, 15) is 14.4 Å². The van der Waals surface area contributed by atoms with Crippen molar-refractivity contribution in [3.05, 3.63) is 102 Å². The summed E-state index contributed by atoms with van der Waals surface area (Å²) in [5.74, 6) is 0.0328. The standard InChI is InChI=1S/C37H47N5O4S/c1-5-27(2)34(40-35(43)20-31-23-42(26-38-31)21-28-12-7-6-8-13-28)24-41(22-30-16-11-15-29-14-9-10-17-32(29)30)25-36(44)39-33(18-19-47-4)37(45)46-3/h6-17,23,26-27,33-34H,5,18-22,24-25H2,1-4H3,(H,39,44)(H,40,43)/t27-,33-,34+/m0/s1. The Bertz CT molecular complexity index is 1590.